The van der Waals surface area contributed by atoms with E-state index in [2.05, 4.69) is 21.3 Å². The highest BCUT2D eigenvalue weighted by Crippen LogP contribution is 2.32. The molecule has 4 aromatic rings. The first kappa shape index (κ1) is 15.8. The maximum atomic E-state index is 8.91. The number of nitriles is 1. The van der Waals surface area contributed by atoms with E-state index >= 15 is 0 Å². The zero-order chi connectivity index (χ0) is 17.2. The maximum absolute atomic E-state index is 8.91. The first-order valence-corrected chi connectivity index (χ1v) is 8.92. The number of fused-ring (bicyclic) bond motifs is 1. The van der Waals surface area contributed by atoms with Gasteiger partial charge < -0.3 is 4.98 Å². The number of aromatic amines is 1. The van der Waals surface area contributed by atoms with Crippen LogP contribution in [0.4, 0.5) is 0 Å². The van der Waals surface area contributed by atoms with Crippen LogP contribution in [-0.2, 0) is 0 Å². The van der Waals surface area contributed by atoms with Crippen molar-refractivity contribution in [1.82, 2.24) is 19.7 Å². The third-order valence-corrected chi connectivity index (χ3v) is 4.86. The molecule has 0 aliphatic carbocycles. The van der Waals surface area contributed by atoms with Crippen LogP contribution >= 0.6 is 23.4 Å². The first-order chi connectivity index (χ1) is 12.3. The number of para-hydroxylation sites is 1. The zero-order valence-corrected chi connectivity index (χ0v) is 14.6. The van der Waals surface area contributed by atoms with E-state index in [0.717, 1.165) is 28.0 Å². The van der Waals surface area contributed by atoms with E-state index in [1.165, 1.54) is 11.8 Å². The number of halogens is 1. The van der Waals surface area contributed by atoms with Gasteiger partial charge in [-0.2, -0.15) is 5.26 Å². The summed E-state index contributed by atoms with van der Waals surface area (Å²) in [6.07, 6.45) is 1.93. The van der Waals surface area contributed by atoms with Gasteiger partial charge in [-0.05, 0) is 30.3 Å². The smallest absolute Gasteiger partial charge is 0.197 e. The minimum absolute atomic E-state index is 0.305. The summed E-state index contributed by atoms with van der Waals surface area (Å²) in [5, 5.41) is 20.0. The Morgan fingerprint density at radius 2 is 1.92 bits per heavy atom. The highest BCUT2D eigenvalue weighted by atomic mass is 35.5. The van der Waals surface area contributed by atoms with Crippen molar-refractivity contribution in [3.63, 3.8) is 0 Å². The monoisotopic (exact) mass is 365 g/mol. The Morgan fingerprint density at radius 1 is 1.12 bits per heavy atom. The second-order valence-corrected chi connectivity index (χ2v) is 6.69. The van der Waals surface area contributed by atoms with Gasteiger partial charge in [-0.1, -0.05) is 41.6 Å². The van der Waals surface area contributed by atoms with Crippen LogP contribution in [0.2, 0.25) is 5.02 Å². The summed E-state index contributed by atoms with van der Waals surface area (Å²) in [4.78, 5) is 3.27. The number of hydrogen-bond acceptors (Lipinski definition) is 4. The standard InChI is InChI=1S/C18H12ClN5S/c19-12-5-7-13(8-6-12)24-17(22-23-18(24)25-10-9-20)15-11-21-16-4-2-1-3-14(15)16/h1-8,11,21H,10H2. The van der Waals surface area contributed by atoms with E-state index in [9.17, 15) is 0 Å². The van der Waals surface area contributed by atoms with Gasteiger partial charge in [-0.3, -0.25) is 4.57 Å². The van der Waals surface area contributed by atoms with Gasteiger partial charge in [0.25, 0.3) is 0 Å². The third kappa shape index (κ3) is 2.88. The van der Waals surface area contributed by atoms with Crippen LogP contribution < -0.4 is 0 Å². The van der Waals surface area contributed by atoms with Crippen LogP contribution in [0.5, 0.6) is 0 Å². The molecule has 0 spiro atoms. The number of nitrogens with one attached hydrogen (secondary N) is 1. The Labute approximate surface area is 153 Å². The van der Waals surface area contributed by atoms with Gasteiger partial charge in [-0.25, -0.2) is 0 Å². The molecule has 2 aromatic heterocycles. The van der Waals surface area contributed by atoms with Gasteiger partial charge in [0.1, 0.15) is 0 Å². The molecule has 0 amide bonds. The molecule has 2 heterocycles. The van der Waals surface area contributed by atoms with Crippen LogP contribution in [0.25, 0.3) is 28.0 Å². The van der Waals surface area contributed by atoms with Gasteiger partial charge >= 0.3 is 0 Å². The first-order valence-electron chi connectivity index (χ1n) is 7.55. The van der Waals surface area contributed by atoms with E-state index in [1.54, 1.807) is 0 Å². The molecule has 1 N–H and O–H groups in total. The highest BCUT2D eigenvalue weighted by molar-refractivity contribution is 7.99. The summed E-state index contributed by atoms with van der Waals surface area (Å²) in [5.74, 6) is 1.03. The average Bonchev–Trinajstić information content (AvgIpc) is 3.24. The molecule has 5 nitrogen and oxygen atoms in total. The molecule has 0 unspecified atom stereocenters. The van der Waals surface area contributed by atoms with Gasteiger partial charge in [0, 0.05) is 33.4 Å². The minimum Gasteiger partial charge on any atom is -0.360 e. The summed E-state index contributed by atoms with van der Waals surface area (Å²) < 4.78 is 1.95. The second-order valence-electron chi connectivity index (χ2n) is 5.31. The second kappa shape index (κ2) is 6.63. The molecule has 25 heavy (non-hydrogen) atoms. The molecule has 0 bridgehead atoms. The van der Waals surface area contributed by atoms with Crippen LogP contribution in [-0.4, -0.2) is 25.5 Å². The molecule has 0 saturated carbocycles. The quantitative estimate of drug-likeness (QED) is 0.533. The van der Waals surface area contributed by atoms with Crippen molar-refractivity contribution in [2.24, 2.45) is 0 Å². The number of rotatable bonds is 4. The van der Waals surface area contributed by atoms with Crippen molar-refractivity contribution in [2.45, 2.75) is 5.16 Å². The Morgan fingerprint density at radius 3 is 2.72 bits per heavy atom. The molecule has 0 aliphatic rings. The van der Waals surface area contributed by atoms with Crippen molar-refractivity contribution in [1.29, 1.82) is 5.26 Å². The Balaban J connectivity index is 1.92. The zero-order valence-electron chi connectivity index (χ0n) is 13.0. The van der Waals surface area contributed by atoms with Gasteiger partial charge in [0.2, 0.25) is 0 Å². The number of H-pyrrole nitrogens is 1. The SMILES string of the molecule is N#CCSc1nnc(-c2c[nH]c3ccccc23)n1-c1ccc(Cl)cc1. The maximum Gasteiger partial charge on any atom is 0.197 e. The van der Waals surface area contributed by atoms with Crippen molar-refractivity contribution in [3.8, 4) is 23.1 Å². The normalized spacial score (nSPS) is 10.9. The van der Waals surface area contributed by atoms with Crippen LogP contribution in [0, 0.1) is 11.3 Å². The predicted octanol–water partition coefficient (Wildman–Crippen LogP) is 4.68. The van der Waals surface area contributed by atoms with E-state index in [1.807, 2.05) is 59.3 Å². The summed E-state index contributed by atoms with van der Waals surface area (Å²) in [5.41, 5.74) is 2.89. The summed E-state index contributed by atoms with van der Waals surface area (Å²) in [6.45, 7) is 0. The lowest BCUT2D eigenvalue weighted by Crippen LogP contribution is -1.99. The number of hydrogen-bond donors (Lipinski definition) is 1. The number of benzene rings is 2. The molecule has 2 aromatic carbocycles. The summed E-state index contributed by atoms with van der Waals surface area (Å²) in [6, 6.07) is 17.7. The lowest BCUT2D eigenvalue weighted by molar-refractivity contribution is 0.888. The largest absolute Gasteiger partial charge is 0.360 e. The topological polar surface area (TPSA) is 70.3 Å². The van der Waals surface area contributed by atoms with E-state index in [-0.39, 0.29) is 0 Å². The molecule has 0 aliphatic heterocycles. The van der Waals surface area contributed by atoms with E-state index in [4.69, 9.17) is 16.9 Å². The van der Waals surface area contributed by atoms with Gasteiger partial charge in [0.05, 0.1) is 11.8 Å². The number of nitrogens with zero attached hydrogens (tertiary/aromatic N) is 4. The molecular formula is C18H12ClN5S. The van der Waals surface area contributed by atoms with Gasteiger partial charge in [0.15, 0.2) is 11.0 Å². The van der Waals surface area contributed by atoms with Crippen LogP contribution in [0.3, 0.4) is 0 Å². The van der Waals surface area contributed by atoms with Crippen LogP contribution in [0.1, 0.15) is 0 Å². The van der Waals surface area contributed by atoms with Crippen molar-refractivity contribution in [2.75, 3.05) is 5.75 Å². The molecule has 0 atom stereocenters. The molecule has 122 valence electrons. The fourth-order valence-corrected chi connectivity index (χ4v) is 3.45. The Kier molecular flexibility index (Phi) is 4.18. The number of thioether (sulfide) groups is 1. The highest BCUT2D eigenvalue weighted by Gasteiger charge is 2.18. The summed E-state index contributed by atoms with van der Waals surface area (Å²) >= 11 is 7.37. The van der Waals surface area contributed by atoms with Crippen LogP contribution in [0.15, 0.2) is 59.9 Å². The predicted molar refractivity (Wildman–Crippen MR) is 100.0 cm³/mol. The van der Waals surface area contributed by atoms with Crippen molar-refractivity contribution < 1.29 is 0 Å². The Bertz CT molecular complexity index is 1070. The van der Waals surface area contributed by atoms with E-state index in [0.29, 0.717) is 15.9 Å². The third-order valence-electron chi connectivity index (χ3n) is 3.81. The van der Waals surface area contributed by atoms with E-state index < -0.39 is 0 Å². The Hall–Kier alpha value is -2.75. The fourth-order valence-electron chi connectivity index (χ4n) is 2.71. The lowest BCUT2D eigenvalue weighted by Gasteiger charge is -2.09. The molecule has 0 saturated heterocycles. The molecule has 7 heteroatoms. The van der Waals surface area contributed by atoms with Gasteiger partial charge in [-0.15, -0.1) is 10.2 Å². The van der Waals surface area contributed by atoms with Crippen molar-refractivity contribution >= 4 is 34.3 Å². The molecular weight excluding hydrogens is 354 g/mol. The number of aromatic nitrogens is 4. The molecule has 0 fully saturated rings. The minimum atomic E-state index is 0.305. The van der Waals surface area contributed by atoms with Crippen molar-refractivity contribution in [3.05, 3.63) is 59.8 Å². The summed E-state index contributed by atoms with van der Waals surface area (Å²) in [7, 11) is 0. The molecule has 0 radical (unpaired) electrons. The lowest BCUT2D eigenvalue weighted by atomic mass is 10.1. The fraction of sp³-hybridized carbons (Fsp3) is 0.0556. The average molecular weight is 366 g/mol. The molecule has 4 rings (SSSR count).